The zero-order valence-electron chi connectivity index (χ0n) is 8.86. The molecule has 1 aromatic rings. The molecule has 1 aromatic carbocycles. The molecule has 0 atom stereocenters. The molecule has 0 saturated heterocycles. The minimum atomic E-state index is 0.258. The van der Waals surface area contributed by atoms with E-state index in [9.17, 15) is 4.79 Å². The normalized spacial score (nSPS) is 13.2. The predicted molar refractivity (Wildman–Crippen MR) is 59.6 cm³/mol. The summed E-state index contributed by atoms with van der Waals surface area (Å²) < 4.78 is 11.0. The Labute approximate surface area is 94.4 Å². The zero-order chi connectivity index (χ0) is 11.2. The van der Waals surface area contributed by atoms with Crippen molar-refractivity contribution in [3.63, 3.8) is 0 Å². The van der Waals surface area contributed by atoms with Crippen molar-refractivity contribution >= 4 is 6.29 Å². The molecule has 0 amide bonds. The van der Waals surface area contributed by atoms with Crippen LogP contribution in [-0.2, 0) is 4.79 Å². The molecule has 0 N–H and O–H groups in total. The number of hydrogen-bond donors (Lipinski definition) is 0. The third-order valence-electron chi connectivity index (χ3n) is 2.17. The smallest absolute Gasteiger partial charge is 0.162 e. The van der Waals surface area contributed by atoms with Gasteiger partial charge in [-0.25, -0.2) is 0 Å². The Balaban J connectivity index is 2.21. The highest BCUT2D eigenvalue weighted by molar-refractivity contribution is 5.55. The molecule has 3 nitrogen and oxygen atoms in total. The Bertz CT molecular complexity index is 440. The molecule has 0 saturated carbocycles. The fourth-order valence-electron chi connectivity index (χ4n) is 1.44. The van der Waals surface area contributed by atoms with E-state index in [0.29, 0.717) is 13.2 Å². The summed E-state index contributed by atoms with van der Waals surface area (Å²) in [5.41, 5.74) is 0.839. The number of ether oxygens (including phenoxy) is 2. The van der Waals surface area contributed by atoms with Crippen LogP contribution in [0.3, 0.4) is 0 Å². The maximum atomic E-state index is 10.1. The van der Waals surface area contributed by atoms with Crippen LogP contribution in [0.15, 0.2) is 18.2 Å². The third-order valence-corrected chi connectivity index (χ3v) is 2.17. The predicted octanol–water partition coefficient (Wildman–Crippen LogP) is 1.79. The first-order valence-electron chi connectivity index (χ1n) is 5.22. The molecular weight excluding hydrogens is 204 g/mol. The van der Waals surface area contributed by atoms with E-state index in [1.165, 1.54) is 0 Å². The molecular formula is C13H12O3. The topological polar surface area (TPSA) is 35.5 Å². The van der Waals surface area contributed by atoms with Crippen LogP contribution in [0.5, 0.6) is 11.5 Å². The van der Waals surface area contributed by atoms with Gasteiger partial charge in [0.25, 0.3) is 0 Å². The van der Waals surface area contributed by atoms with E-state index >= 15 is 0 Å². The van der Waals surface area contributed by atoms with Crippen LogP contribution in [0.4, 0.5) is 0 Å². The molecule has 3 heteroatoms. The summed E-state index contributed by atoms with van der Waals surface area (Å²) in [6, 6.07) is 5.56. The van der Waals surface area contributed by atoms with Gasteiger partial charge in [-0.15, -0.1) is 0 Å². The Kier molecular flexibility index (Phi) is 3.45. The van der Waals surface area contributed by atoms with Gasteiger partial charge in [0.1, 0.15) is 6.29 Å². The van der Waals surface area contributed by atoms with Crippen molar-refractivity contribution in [3.8, 4) is 23.3 Å². The number of carbonyl (C=O) groups is 1. The van der Waals surface area contributed by atoms with Crippen molar-refractivity contribution in [2.45, 2.75) is 12.8 Å². The Morgan fingerprint density at radius 3 is 2.88 bits per heavy atom. The minimum absolute atomic E-state index is 0.258. The van der Waals surface area contributed by atoms with E-state index < -0.39 is 0 Å². The summed E-state index contributed by atoms with van der Waals surface area (Å²) in [5, 5.41) is 0. The lowest BCUT2D eigenvalue weighted by Gasteiger charge is -2.06. The number of aldehydes is 1. The Hall–Kier alpha value is -1.95. The molecule has 2 rings (SSSR count). The van der Waals surface area contributed by atoms with E-state index in [-0.39, 0.29) is 6.42 Å². The Morgan fingerprint density at radius 2 is 2.06 bits per heavy atom. The van der Waals surface area contributed by atoms with Crippen molar-refractivity contribution in [1.82, 2.24) is 0 Å². The van der Waals surface area contributed by atoms with Gasteiger partial charge in [0.15, 0.2) is 11.5 Å². The van der Waals surface area contributed by atoms with E-state index in [2.05, 4.69) is 11.8 Å². The lowest BCUT2D eigenvalue weighted by molar-refractivity contribution is -0.107. The van der Waals surface area contributed by atoms with Crippen LogP contribution in [-0.4, -0.2) is 19.5 Å². The molecule has 0 bridgehead atoms. The molecule has 1 aliphatic rings. The molecule has 0 unspecified atom stereocenters. The van der Waals surface area contributed by atoms with Gasteiger partial charge in [-0.3, -0.25) is 0 Å². The molecule has 16 heavy (non-hydrogen) atoms. The molecule has 0 spiro atoms. The van der Waals surface area contributed by atoms with Crippen molar-refractivity contribution in [2.75, 3.05) is 13.2 Å². The molecule has 82 valence electrons. The lowest BCUT2D eigenvalue weighted by Crippen LogP contribution is -1.97. The van der Waals surface area contributed by atoms with Crippen LogP contribution >= 0.6 is 0 Å². The highest BCUT2D eigenvalue weighted by Crippen LogP contribution is 2.29. The SMILES string of the molecule is O=CCC#Cc1ccc2c(c1)OCCCO2. The highest BCUT2D eigenvalue weighted by atomic mass is 16.5. The molecule has 0 aromatic heterocycles. The van der Waals surface area contributed by atoms with Gasteiger partial charge >= 0.3 is 0 Å². The summed E-state index contributed by atoms with van der Waals surface area (Å²) in [6.07, 6.45) is 1.94. The maximum absolute atomic E-state index is 10.1. The monoisotopic (exact) mass is 216 g/mol. The molecule has 1 heterocycles. The summed E-state index contributed by atoms with van der Waals surface area (Å²) in [6.45, 7) is 1.35. The molecule has 0 fully saturated rings. The van der Waals surface area contributed by atoms with Gasteiger partial charge in [0.2, 0.25) is 0 Å². The fraction of sp³-hybridized carbons (Fsp3) is 0.308. The van der Waals surface area contributed by atoms with E-state index in [1.54, 1.807) is 0 Å². The number of benzene rings is 1. The van der Waals surface area contributed by atoms with Crippen molar-refractivity contribution < 1.29 is 14.3 Å². The number of rotatable bonds is 1. The van der Waals surface area contributed by atoms with Gasteiger partial charge in [0, 0.05) is 12.0 Å². The second-order valence-corrected chi connectivity index (χ2v) is 3.38. The van der Waals surface area contributed by atoms with Crippen LogP contribution < -0.4 is 9.47 Å². The average molecular weight is 216 g/mol. The molecule has 0 aliphatic carbocycles. The van der Waals surface area contributed by atoms with Crippen LogP contribution in [0.2, 0.25) is 0 Å². The molecule has 0 radical (unpaired) electrons. The van der Waals surface area contributed by atoms with Crippen LogP contribution in [0.1, 0.15) is 18.4 Å². The summed E-state index contributed by atoms with van der Waals surface area (Å²) in [5.74, 6) is 7.15. The van der Waals surface area contributed by atoms with Gasteiger partial charge in [0.05, 0.1) is 19.6 Å². The Morgan fingerprint density at radius 1 is 1.25 bits per heavy atom. The van der Waals surface area contributed by atoms with Gasteiger partial charge in [-0.1, -0.05) is 11.8 Å². The van der Waals surface area contributed by atoms with E-state index in [4.69, 9.17) is 9.47 Å². The van der Waals surface area contributed by atoms with Crippen molar-refractivity contribution in [3.05, 3.63) is 23.8 Å². The van der Waals surface area contributed by atoms with Gasteiger partial charge in [-0.05, 0) is 18.2 Å². The van der Waals surface area contributed by atoms with Crippen LogP contribution in [0, 0.1) is 11.8 Å². The lowest BCUT2D eigenvalue weighted by atomic mass is 10.2. The van der Waals surface area contributed by atoms with Crippen molar-refractivity contribution in [1.29, 1.82) is 0 Å². The fourth-order valence-corrected chi connectivity index (χ4v) is 1.44. The standard InChI is InChI=1S/C13H12O3/c14-7-2-1-4-11-5-6-12-13(10-11)16-9-3-8-15-12/h5-7,10H,2-3,8-9H2. The van der Waals surface area contributed by atoms with E-state index in [1.807, 2.05) is 18.2 Å². The summed E-state index contributed by atoms with van der Waals surface area (Å²) >= 11 is 0. The zero-order valence-corrected chi connectivity index (χ0v) is 8.86. The quantitative estimate of drug-likeness (QED) is 0.530. The first kappa shape index (κ1) is 10.6. The summed E-state index contributed by atoms with van der Waals surface area (Å²) in [4.78, 5) is 10.1. The molecule has 1 aliphatic heterocycles. The van der Waals surface area contributed by atoms with Crippen LogP contribution in [0.25, 0.3) is 0 Å². The highest BCUT2D eigenvalue weighted by Gasteiger charge is 2.09. The van der Waals surface area contributed by atoms with Gasteiger partial charge < -0.3 is 14.3 Å². The van der Waals surface area contributed by atoms with E-state index in [0.717, 1.165) is 29.8 Å². The number of carbonyl (C=O) groups excluding carboxylic acids is 1. The minimum Gasteiger partial charge on any atom is -0.490 e. The summed E-state index contributed by atoms with van der Waals surface area (Å²) in [7, 11) is 0. The largest absolute Gasteiger partial charge is 0.490 e. The maximum Gasteiger partial charge on any atom is 0.162 e. The second-order valence-electron chi connectivity index (χ2n) is 3.38. The first-order valence-corrected chi connectivity index (χ1v) is 5.22. The van der Waals surface area contributed by atoms with Gasteiger partial charge in [-0.2, -0.15) is 0 Å². The first-order chi connectivity index (χ1) is 7.90. The number of hydrogen-bond acceptors (Lipinski definition) is 3. The average Bonchev–Trinajstić information content (AvgIpc) is 2.54. The number of fused-ring (bicyclic) bond motifs is 1. The third kappa shape index (κ3) is 2.54. The second kappa shape index (κ2) is 5.22. The van der Waals surface area contributed by atoms with Crippen molar-refractivity contribution in [2.24, 2.45) is 0 Å².